The van der Waals surface area contributed by atoms with Crippen LogP contribution in [0.1, 0.15) is 34.1 Å². The molecule has 1 aliphatic heterocycles. The van der Waals surface area contributed by atoms with Gasteiger partial charge in [0, 0.05) is 44.0 Å². The molecule has 1 atom stereocenters. The number of nitrogens with zero attached hydrogens (tertiary/aromatic N) is 2. The predicted octanol–water partition coefficient (Wildman–Crippen LogP) is 2.04. The first-order valence-electron chi connectivity index (χ1n) is 8.69. The molecule has 1 fully saturated rings. The maximum Gasteiger partial charge on any atom is 0.191 e. The van der Waals surface area contributed by atoms with Crippen LogP contribution in [-0.4, -0.2) is 74.3 Å². The zero-order valence-corrected chi connectivity index (χ0v) is 16.6. The van der Waals surface area contributed by atoms with Crippen molar-refractivity contribution in [3.05, 3.63) is 0 Å². The van der Waals surface area contributed by atoms with E-state index in [1.165, 1.54) is 6.42 Å². The van der Waals surface area contributed by atoms with E-state index in [4.69, 9.17) is 4.74 Å². The van der Waals surface area contributed by atoms with Crippen LogP contribution < -0.4 is 10.6 Å². The monoisotopic (exact) mass is 344 g/mol. The summed E-state index contributed by atoms with van der Waals surface area (Å²) in [6.45, 7) is 14.7. The van der Waals surface area contributed by atoms with Crippen molar-refractivity contribution < 1.29 is 4.74 Å². The van der Waals surface area contributed by atoms with Crippen LogP contribution in [-0.2, 0) is 4.74 Å². The Kier molecular flexibility index (Phi) is 9.32. The molecule has 23 heavy (non-hydrogen) atoms. The molecule has 2 N–H and O–H groups in total. The van der Waals surface area contributed by atoms with Gasteiger partial charge in [-0.15, -0.1) is 0 Å². The van der Waals surface area contributed by atoms with E-state index in [2.05, 4.69) is 54.5 Å². The smallest absolute Gasteiger partial charge is 0.191 e. The van der Waals surface area contributed by atoms with Crippen LogP contribution in [0.15, 0.2) is 4.99 Å². The lowest BCUT2D eigenvalue weighted by Gasteiger charge is -2.36. The van der Waals surface area contributed by atoms with Gasteiger partial charge in [0.05, 0.1) is 13.2 Å². The topological polar surface area (TPSA) is 48.9 Å². The fourth-order valence-corrected chi connectivity index (χ4v) is 2.87. The van der Waals surface area contributed by atoms with Crippen LogP contribution in [0.25, 0.3) is 0 Å². The van der Waals surface area contributed by atoms with Crippen molar-refractivity contribution in [2.24, 2.45) is 10.9 Å². The minimum atomic E-state index is 0.208. The Bertz CT molecular complexity index is 355. The summed E-state index contributed by atoms with van der Waals surface area (Å²) >= 11 is 1.87. The summed E-state index contributed by atoms with van der Waals surface area (Å²) < 4.78 is 5.70. The van der Waals surface area contributed by atoms with Gasteiger partial charge in [-0.25, -0.2) is 0 Å². The van der Waals surface area contributed by atoms with Gasteiger partial charge in [0.25, 0.3) is 0 Å². The summed E-state index contributed by atoms with van der Waals surface area (Å²) in [6.07, 6.45) is 3.34. The third-order valence-electron chi connectivity index (χ3n) is 4.27. The number of hydrogen-bond donors (Lipinski definition) is 2. The summed E-state index contributed by atoms with van der Waals surface area (Å²) in [5, 5.41) is 6.96. The van der Waals surface area contributed by atoms with E-state index in [1.807, 2.05) is 18.8 Å². The van der Waals surface area contributed by atoms with Crippen LogP contribution >= 0.6 is 11.8 Å². The predicted molar refractivity (Wildman–Crippen MR) is 103 cm³/mol. The van der Waals surface area contributed by atoms with Crippen LogP contribution in [0.4, 0.5) is 0 Å². The van der Waals surface area contributed by atoms with Crippen molar-refractivity contribution in [1.29, 1.82) is 0 Å². The fraction of sp³-hybridized carbons (Fsp3) is 0.941. The highest BCUT2D eigenvalue weighted by atomic mass is 32.2. The lowest BCUT2D eigenvalue weighted by atomic mass is 10.0. The highest BCUT2D eigenvalue weighted by molar-refractivity contribution is 7.99. The molecule has 5 nitrogen and oxygen atoms in total. The van der Waals surface area contributed by atoms with Crippen molar-refractivity contribution in [3.63, 3.8) is 0 Å². The van der Waals surface area contributed by atoms with Crippen molar-refractivity contribution in [1.82, 2.24) is 15.5 Å². The van der Waals surface area contributed by atoms with E-state index in [-0.39, 0.29) is 4.75 Å². The maximum absolute atomic E-state index is 5.49. The lowest BCUT2D eigenvalue weighted by Crippen LogP contribution is -2.51. The zero-order chi connectivity index (χ0) is 17.3. The van der Waals surface area contributed by atoms with E-state index in [0.29, 0.717) is 12.0 Å². The molecule has 1 aliphatic rings. The minimum absolute atomic E-state index is 0.208. The summed E-state index contributed by atoms with van der Waals surface area (Å²) in [4.78, 5) is 6.91. The Labute approximate surface area is 147 Å². The van der Waals surface area contributed by atoms with E-state index in [1.54, 1.807) is 0 Å². The van der Waals surface area contributed by atoms with Gasteiger partial charge in [-0.1, -0.05) is 13.8 Å². The Morgan fingerprint density at radius 1 is 1.26 bits per heavy atom. The number of guanidine groups is 1. The van der Waals surface area contributed by atoms with Crippen LogP contribution in [0, 0.1) is 5.92 Å². The quantitative estimate of drug-likeness (QED) is 0.521. The van der Waals surface area contributed by atoms with Gasteiger partial charge in [-0.2, -0.15) is 11.8 Å². The Hall–Kier alpha value is -0.460. The van der Waals surface area contributed by atoms with Gasteiger partial charge in [-0.05, 0) is 32.4 Å². The van der Waals surface area contributed by atoms with E-state index < -0.39 is 0 Å². The molecule has 0 spiro atoms. The van der Waals surface area contributed by atoms with Gasteiger partial charge in [0.1, 0.15) is 0 Å². The third-order valence-corrected chi connectivity index (χ3v) is 5.52. The van der Waals surface area contributed by atoms with E-state index in [0.717, 1.165) is 45.4 Å². The lowest BCUT2D eigenvalue weighted by molar-refractivity contribution is 0.0132. The first-order valence-corrected chi connectivity index (χ1v) is 9.92. The number of morpholine rings is 1. The number of aliphatic imine (C=N–C) groups is 1. The molecule has 0 aromatic carbocycles. The molecule has 0 aromatic heterocycles. The molecule has 0 aliphatic carbocycles. The molecular formula is C17H36N4OS. The summed E-state index contributed by atoms with van der Waals surface area (Å²) in [5.74, 6) is 1.59. The summed E-state index contributed by atoms with van der Waals surface area (Å²) in [5.41, 5.74) is 0. The molecule has 0 radical (unpaired) electrons. The van der Waals surface area contributed by atoms with Crippen LogP contribution in [0.2, 0.25) is 0 Å². The van der Waals surface area contributed by atoms with Crippen LogP contribution in [0.5, 0.6) is 0 Å². The Morgan fingerprint density at radius 2 is 1.91 bits per heavy atom. The molecule has 6 heteroatoms. The largest absolute Gasteiger partial charge is 0.379 e. The molecule has 136 valence electrons. The molecule has 0 bridgehead atoms. The molecule has 0 saturated carbocycles. The number of nitrogens with one attached hydrogen (secondary N) is 2. The van der Waals surface area contributed by atoms with Gasteiger partial charge in [-0.3, -0.25) is 9.89 Å². The first kappa shape index (κ1) is 20.6. The Balaban J connectivity index is 2.50. The summed E-state index contributed by atoms with van der Waals surface area (Å²) in [6, 6.07) is 0.533. The van der Waals surface area contributed by atoms with Gasteiger partial charge < -0.3 is 15.4 Å². The number of thioether (sulfide) groups is 1. The van der Waals surface area contributed by atoms with Crippen LogP contribution in [0.3, 0.4) is 0 Å². The second kappa shape index (κ2) is 10.4. The van der Waals surface area contributed by atoms with E-state index >= 15 is 0 Å². The van der Waals surface area contributed by atoms with Gasteiger partial charge in [0.2, 0.25) is 0 Å². The zero-order valence-electron chi connectivity index (χ0n) is 15.8. The number of hydrogen-bond acceptors (Lipinski definition) is 4. The summed E-state index contributed by atoms with van der Waals surface area (Å²) in [7, 11) is 1.84. The van der Waals surface area contributed by atoms with Gasteiger partial charge in [0.15, 0.2) is 5.96 Å². The molecule has 0 amide bonds. The number of rotatable bonds is 8. The Morgan fingerprint density at radius 3 is 2.43 bits per heavy atom. The van der Waals surface area contributed by atoms with Crippen molar-refractivity contribution in [3.8, 4) is 0 Å². The highest BCUT2D eigenvalue weighted by Crippen LogP contribution is 2.19. The second-order valence-corrected chi connectivity index (χ2v) is 8.72. The van der Waals surface area contributed by atoms with Crippen molar-refractivity contribution in [2.45, 2.75) is 44.9 Å². The van der Waals surface area contributed by atoms with Crippen molar-refractivity contribution in [2.75, 3.05) is 52.7 Å². The normalized spacial score (nSPS) is 19.0. The molecular weight excluding hydrogens is 308 g/mol. The fourth-order valence-electron chi connectivity index (χ4n) is 2.65. The standard InChI is InChI=1S/C17H36N4OS/c1-14(2)11-15(21-7-9-22-10-8-21)12-19-16(18-5)20-13-17(3,4)23-6/h14-15H,7-13H2,1-6H3,(H2,18,19,20). The van der Waals surface area contributed by atoms with E-state index in [9.17, 15) is 0 Å². The minimum Gasteiger partial charge on any atom is -0.379 e. The molecule has 1 saturated heterocycles. The van der Waals surface area contributed by atoms with Gasteiger partial charge >= 0.3 is 0 Å². The second-order valence-electron chi connectivity index (χ2n) is 7.20. The number of ether oxygens (including phenoxy) is 1. The third kappa shape index (κ3) is 8.27. The molecule has 1 heterocycles. The van der Waals surface area contributed by atoms with Crippen molar-refractivity contribution >= 4 is 17.7 Å². The molecule has 0 aromatic rings. The highest BCUT2D eigenvalue weighted by Gasteiger charge is 2.22. The molecule has 1 rings (SSSR count). The average Bonchev–Trinajstić information content (AvgIpc) is 2.54. The maximum atomic E-state index is 5.49. The first-order chi connectivity index (χ1) is 10.9. The SMILES string of the molecule is CN=C(NCC(CC(C)C)N1CCOCC1)NCC(C)(C)SC. The molecule has 1 unspecified atom stereocenters. The average molecular weight is 345 g/mol.